The van der Waals surface area contributed by atoms with Gasteiger partial charge in [0.25, 0.3) is 0 Å². The number of halogens is 1. The first-order valence-corrected chi connectivity index (χ1v) is 7.64. The van der Waals surface area contributed by atoms with E-state index in [0.29, 0.717) is 10.5 Å². The van der Waals surface area contributed by atoms with Crippen molar-refractivity contribution in [2.45, 2.75) is 10.6 Å². The van der Waals surface area contributed by atoms with Crippen LogP contribution in [-0.4, -0.2) is 15.3 Å². The van der Waals surface area contributed by atoms with Crippen LogP contribution in [0.25, 0.3) is 0 Å². The molecule has 19 heavy (non-hydrogen) atoms. The van der Waals surface area contributed by atoms with Crippen molar-refractivity contribution in [2.24, 2.45) is 0 Å². The Kier molecular flexibility index (Phi) is 4.50. The molecule has 3 nitrogen and oxygen atoms in total. The average molecular weight is 339 g/mol. The molecule has 0 bridgehead atoms. The molecule has 0 saturated carbocycles. The van der Waals surface area contributed by atoms with Crippen LogP contribution in [0.3, 0.4) is 0 Å². The van der Waals surface area contributed by atoms with Gasteiger partial charge in [0.05, 0.1) is 22.1 Å². The van der Waals surface area contributed by atoms with Crippen LogP contribution >= 0.6 is 15.9 Å². The van der Waals surface area contributed by atoms with Crippen molar-refractivity contribution in [3.63, 3.8) is 0 Å². The van der Waals surface area contributed by atoms with Crippen LogP contribution in [0.4, 0.5) is 0 Å². The van der Waals surface area contributed by atoms with Gasteiger partial charge in [0.1, 0.15) is 0 Å². The van der Waals surface area contributed by atoms with Gasteiger partial charge >= 0.3 is 5.97 Å². The molecule has 0 amide bonds. The number of hydrogen-bond donors (Lipinski definition) is 1. The summed E-state index contributed by atoms with van der Waals surface area (Å²) in [6, 6.07) is 13.8. The van der Waals surface area contributed by atoms with Crippen molar-refractivity contribution in [1.82, 2.24) is 0 Å². The van der Waals surface area contributed by atoms with Gasteiger partial charge in [0.2, 0.25) is 0 Å². The molecule has 0 aliphatic heterocycles. The second-order valence-corrected chi connectivity index (χ2v) is 6.28. The van der Waals surface area contributed by atoms with E-state index >= 15 is 0 Å². The second kappa shape index (κ2) is 6.12. The van der Waals surface area contributed by atoms with E-state index < -0.39 is 16.8 Å². The molecule has 0 spiro atoms. The molecule has 0 fully saturated rings. The minimum atomic E-state index is -1.26. The number of carbonyl (C=O) groups is 1. The summed E-state index contributed by atoms with van der Waals surface area (Å²) in [5.74, 6) is -0.805. The summed E-state index contributed by atoms with van der Waals surface area (Å²) in [4.78, 5) is 11.8. The van der Waals surface area contributed by atoms with Gasteiger partial charge in [0.15, 0.2) is 0 Å². The lowest BCUT2D eigenvalue weighted by atomic mass is 10.1. The highest BCUT2D eigenvalue weighted by atomic mass is 79.9. The van der Waals surface area contributed by atoms with Crippen LogP contribution in [0.5, 0.6) is 0 Å². The molecule has 5 heteroatoms. The Balaban J connectivity index is 2.27. The van der Waals surface area contributed by atoms with Crippen LogP contribution in [0.15, 0.2) is 57.9 Å². The predicted molar refractivity (Wildman–Crippen MR) is 77.7 cm³/mol. The lowest BCUT2D eigenvalue weighted by Crippen LogP contribution is -2.05. The van der Waals surface area contributed by atoms with Crippen molar-refractivity contribution in [1.29, 1.82) is 0 Å². The Morgan fingerprint density at radius 1 is 1.16 bits per heavy atom. The summed E-state index contributed by atoms with van der Waals surface area (Å²) in [7, 11) is -1.26. The molecular weight excluding hydrogens is 328 g/mol. The lowest BCUT2D eigenvalue weighted by molar-refractivity contribution is 0.0696. The molecule has 1 unspecified atom stereocenters. The maximum absolute atomic E-state index is 12.2. The van der Waals surface area contributed by atoms with Gasteiger partial charge in [-0.3, -0.25) is 4.21 Å². The lowest BCUT2D eigenvalue weighted by Gasteiger charge is -2.06. The zero-order valence-electron chi connectivity index (χ0n) is 9.88. The number of aromatic carboxylic acids is 1. The quantitative estimate of drug-likeness (QED) is 0.928. The van der Waals surface area contributed by atoms with Crippen LogP contribution in [0.2, 0.25) is 0 Å². The summed E-state index contributed by atoms with van der Waals surface area (Å²) >= 11 is 3.33. The fourth-order valence-electron chi connectivity index (χ4n) is 1.69. The van der Waals surface area contributed by atoms with Crippen molar-refractivity contribution in [3.05, 3.63) is 64.1 Å². The van der Waals surface area contributed by atoms with E-state index in [1.54, 1.807) is 36.4 Å². The summed E-state index contributed by atoms with van der Waals surface area (Å²) in [5.41, 5.74) is 0.777. The molecule has 98 valence electrons. The molecule has 2 aromatic carbocycles. The molecule has 2 aromatic rings. The van der Waals surface area contributed by atoms with E-state index in [1.165, 1.54) is 6.07 Å². The smallest absolute Gasteiger partial charge is 0.335 e. The normalized spacial score (nSPS) is 12.1. The Bertz CT molecular complexity index is 640. The molecule has 2 rings (SSSR count). The van der Waals surface area contributed by atoms with Crippen molar-refractivity contribution < 1.29 is 14.1 Å². The zero-order chi connectivity index (χ0) is 13.8. The summed E-state index contributed by atoms with van der Waals surface area (Å²) in [5, 5.41) is 9.09. The summed E-state index contributed by atoms with van der Waals surface area (Å²) in [6.45, 7) is 0. The third-order valence-corrected chi connectivity index (χ3v) is 4.44. The van der Waals surface area contributed by atoms with Gasteiger partial charge in [-0.1, -0.05) is 40.2 Å². The van der Waals surface area contributed by atoms with E-state index in [2.05, 4.69) is 15.9 Å². The van der Waals surface area contributed by atoms with E-state index in [1.807, 2.05) is 6.07 Å². The third kappa shape index (κ3) is 3.52. The van der Waals surface area contributed by atoms with Gasteiger partial charge in [0, 0.05) is 9.37 Å². The number of benzene rings is 2. The Hall–Kier alpha value is -1.46. The zero-order valence-corrected chi connectivity index (χ0v) is 12.3. The highest BCUT2D eigenvalue weighted by molar-refractivity contribution is 9.10. The monoisotopic (exact) mass is 338 g/mol. The number of hydrogen-bond acceptors (Lipinski definition) is 2. The minimum Gasteiger partial charge on any atom is -0.478 e. The summed E-state index contributed by atoms with van der Waals surface area (Å²) < 4.78 is 13.1. The van der Waals surface area contributed by atoms with Crippen LogP contribution in [-0.2, 0) is 16.6 Å². The maximum Gasteiger partial charge on any atom is 0.335 e. The molecule has 0 aliphatic carbocycles. The van der Waals surface area contributed by atoms with E-state index in [0.717, 1.165) is 4.47 Å². The van der Waals surface area contributed by atoms with Crippen LogP contribution < -0.4 is 0 Å². The highest BCUT2D eigenvalue weighted by Gasteiger charge is 2.12. The Labute approximate surface area is 121 Å². The molecule has 1 atom stereocenters. The molecule has 0 aromatic heterocycles. The van der Waals surface area contributed by atoms with E-state index in [4.69, 9.17) is 5.11 Å². The van der Waals surface area contributed by atoms with Gasteiger partial charge in [-0.05, 0) is 29.8 Å². The molecule has 0 aliphatic rings. The molecule has 0 saturated heterocycles. The standard InChI is InChI=1S/C14H11BrO3S/c15-11-5-3-6-12(8-11)19(18)9-10-4-1-2-7-13(10)14(16)17/h1-8H,9H2,(H,16,17). The SMILES string of the molecule is O=C(O)c1ccccc1CS(=O)c1cccc(Br)c1. The topological polar surface area (TPSA) is 54.4 Å². The van der Waals surface area contributed by atoms with Crippen molar-refractivity contribution >= 4 is 32.7 Å². The van der Waals surface area contributed by atoms with Crippen molar-refractivity contribution in [2.75, 3.05) is 0 Å². The fourth-order valence-corrected chi connectivity index (χ4v) is 3.43. The summed E-state index contributed by atoms with van der Waals surface area (Å²) in [6.07, 6.45) is 0. The van der Waals surface area contributed by atoms with Gasteiger partial charge in [-0.15, -0.1) is 0 Å². The molecule has 0 radical (unpaired) electrons. The largest absolute Gasteiger partial charge is 0.478 e. The number of carboxylic acid groups (broad SMARTS) is 1. The first kappa shape index (κ1) is 14.0. The van der Waals surface area contributed by atoms with Gasteiger partial charge < -0.3 is 5.11 Å². The molecule has 0 heterocycles. The van der Waals surface area contributed by atoms with E-state index in [9.17, 15) is 9.00 Å². The first-order valence-electron chi connectivity index (χ1n) is 5.53. The van der Waals surface area contributed by atoms with Gasteiger partial charge in [-0.2, -0.15) is 0 Å². The van der Waals surface area contributed by atoms with E-state index in [-0.39, 0.29) is 11.3 Å². The van der Waals surface area contributed by atoms with Crippen LogP contribution in [0.1, 0.15) is 15.9 Å². The second-order valence-electron chi connectivity index (χ2n) is 3.91. The first-order chi connectivity index (χ1) is 9.08. The third-order valence-electron chi connectivity index (χ3n) is 2.59. The predicted octanol–water partition coefficient (Wildman–Crippen LogP) is 3.46. The van der Waals surface area contributed by atoms with Crippen LogP contribution in [0, 0.1) is 0 Å². The highest BCUT2D eigenvalue weighted by Crippen LogP contribution is 2.19. The van der Waals surface area contributed by atoms with Crippen molar-refractivity contribution in [3.8, 4) is 0 Å². The number of carboxylic acids is 1. The van der Waals surface area contributed by atoms with Gasteiger partial charge in [-0.25, -0.2) is 4.79 Å². The average Bonchev–Trinajstić information content (AvgIpc) is 2.39. The minimum absolute atomic E-state index is 0.193. The Morgan fingerprint density at radius 3 is 2.58 bits per heavy atom. The fraction of sp³-hybridized carbons (Fsp3) is 0.0714. The molecular formula is C14H11BrO3S. The molecule has 1 N–H and O–H groups in total. The maximum atomic E-state index is 12.2. The Morgan fingerprint density at radius 2 is 1.89 bits per heavy atom. The number of rotatable bonds is 4.